The number of methoxy groups -OCH3 is 1. The third-order valence-corrected chi connectivity index (χ3v) is 5.47. The third-order valence-electron chi connectivity index (χ3n) is 5.47. The Morgan fingerprint density at radius 3 is 2.87 bits per heavy atom. The van der Waals surface area contributed by atoms with E-state index in [1.54, 1.807) is 19.4 Å². The van der Waals surface area contributed by atoms with Gasteiger partial charge >= 0.3 is 0 Å². The van der Waals surface area contributed by atoms with Crippen molar-refractivity contribution in [2.24, 2.45) is 0 Å². The first kappa shape index (κ1) is 20.6. The average Bonchev–Trinajstić information content (AvgIpc) is 3.20. The number of allylic oxidation sites excluding steroid dienone is 1. The van der Waals surface area contributed by atoms with Gasteiger partial charge in [0.25, 0.3) is 0 Å². The minimum absolute atomic E-state index is 0.308. The van der Waals surface area contributed by atoms with Gasteiger partial charge in [0.2, 0.25) is 5.88 Å². The Kier molecular flexibility index (Phi) is 6.76. The molecule has 2 aromatic rings. The van der Waals surface area contributed by atoms with E-state index in [2.05, 4.69) is 20.8 Å². The van der Waals surface area contributed by atoms with E-state index in [1.165, 1.54) is 11.1 Å². The zero-order valence-corrected chi connectivity index (χ0v) is 17.2. The highest BCUT2D eigenvalue weighted by atomic mass is 16.5. The molecule has 0 radical (unpaired) electrons. The fraction of sp³-hybridized carbons (Fsp3) is 0.500. The van der Waals surface area contributed by atoms with Gasteiger partial charge in [-0.05, 0) is 42.9 Å². The van der Waals surface area contributed by atoms with Gasteiger partial charge < -0.3 is 18.9 Å². The Morgan fingerprint density at radius 2 is 2.10 bits per heavy atom. The van der Waals surface area contributed by atoms with Crippen molar-refractivity contribution in [1.29, 1.82) is 0 Å². The topological polar surface area (TPSA) is 84.7 Å². The summed E-state index contributed by atoms with van der Waals surface area (Å²) in [7, 11) is 1.60. The molecule has 1 fully saturated rings. The number of nitrogens with zero attached hydrogens (tertiary/aromatic N) is 3. The third kappa shape index (κ3) is 4.55. The number of carbonyl (C=O) groups excluding carboxylic acids is 1. The van der Waals surface area contributed by atoms with Crippen LogP contribution in [0.3, 0.4) is 0 Å². The van der Waals surface area contributed by atoms with Crippen LogP contribution in [0.5, 0.6) is 11.6 Å². The van der Waals surface area contributed by atoms with Crippen molar-refractivity contribution in [2.75, 3.05) is 40.1 Å². The molecule has 8 nitrogen and oxygen atoms in total. The molecule has 0 N–H and O–H groups in total. The molecule has 1 saturated heterocycles. The lowest BCUT2D eigenvalue weighted by Gasteiger charge is -2.29. The molecule has 2 aliphatic rings. The summed E-state index contributed by atoms with van der Waals surface area (Å²) in [6.07, 6.45) is 8.43. The van der Waals surface area contributed by atoms with E-state index in [1.807, 2.05) is 6.20 Å². The molecule has 2 aromatic heterocycles. The molecule has 1 aliphatic heterocycles. The first-order chi connectivity index (χ1) is 14.8. The van der Waals surface area contributed by atoms with E-state index < -0.39 is 0 Å². The van der Waals surface area contributed by atoms with Crippen LogP contribution < -0.4 is 9.47 Å². The number of rotatable bonds is 10. The number of ether oxygens (including phenoxy) is 4. The highest BCUT2D eigenvalue weighted by Gasteiger charge is 2.26. The number of aldehydes is 1. The molecular formula is C22H27N3O5. The van der Waals surface area contributed by atoms with Gasteiger partial charge in [-0.2, -0.15) is 5.10 Å². The lowest BCUT2D eigenvalue weighted by Crippen LogP contribution is -2.32. The lowest BCUT2D eigenvalue weighted by molar-refractivity contribution is -0.0290. The van der Waals surface area contributed by atoms with Gasteiger partial charge in [0.1, 0.15) is 19.0 Å². The summed E-state index contributed by atoms with van der Waals surface area (Å²) >= 11 is 0. The van der Waals surface area contributed by atoms with E-state index in [0.29, 0.717) is 56.3 Å². The summed E-state index contributed by atoms with van der Waals surface area (Å²) in [6, 6.07) is 3.98. The zero-order valence-electron chi connectivity index (χ0n) is 17.2. The Labute approximate surface area is 175 Å². The van der Waals surface area contributed by atoms with Gasteiger partial charge in [0.15, 0.2) is 6.29 Å². The molecule has 0 amide bonds. The van der Waals surface area contributed by atoms with Crippen LogP contribution in [0.1, 0.15) is 47.8 Å². The Balaban J connectivity index is 1.50. The van der Waals surface area contributed by atoms with Crippen LogP contribution in [-0.4, -0.2) is 61.2 Å². The van der Waals surface area contributed by atoms with Gasteiger partial charge in [-0.1, -0.05) is 0 Å². The van der Waals surface area contributed by atoms with E-state index in [4.69, 9.17) is 18.9 Å². The van der Waals surface area contributed by atoms with Crippen LogP contribution in [0.25, 0.3) is 5.57 Å². The summed E-state index contributed by atoms with van der Waals surface area (Å²) in [5.74, 6) is 0.841. The second-order valence-electron chi connectivity index (χ2n) is 7.45. The summed E-state index contributed by atoms with van der Waals surface area (Å²) in [5, 5.41) is 4.52. The maximum Gasteiger partial charge on any atom is 0.214 e. The van der Waals surface area contributed by atoms with Gasteiger partial charge in [0.05, 0.1) is 43.3 Å². The summed E-state index contributed by atoms with van der Waals surface area (Å²) in [4.78, 5) is 15.8. The maximum atomic E-state index is 11.5. The van der Waals surface area contributed by atoms with E-state index in [-0.39, 0.29) is 0 Å². The Bertz CT molecular complexity index is 904. The first-order valence-electron chi connectivity index (χ1n) is 10.3. The molecule has 0 bridgehead atoms. The van der Waals surface area contributed by atoms with E-state index in [9.17, 15) is 4.79 Å². The normalized spacial score (nSPS) is 17.0. The van der Waals surface area contributed by atoms with Crippen LogP contribution in [0.2, 0.25) is 0 Å². The van der Waals surface area contributed by atoms with Crippen molar-refractivity contribution < 1.29 is 23.7 Å². The monoisotopic (exact) mass is 413 g/mol. The molecule has 0 spiro atoms. The summed E-state index contributed by atoms with van der Waals surface area (Å²) in [5.41, 5.74) is 4.12. The Morgan fingerprint density at radius 1 is 1.23 bits per heavy atom. The molecule has 0 aromatic carbocycles. The summed E-state index contributed by atoms with van der Waals surface area (Å²) < 4.78 is 23.9. The SMILES string of the molecule is COCCOc1cc(C=O)c(OCC2=C(c3ccnn3C3COC3)CCCC2)cn1. The molecule has 0 unspecified atom stereocenters. The van der Waals surface area contributed by atoms with Gasteiger partial charge in [-0.15, -0.1) is 0 Å². The summed E-state index contributed by atoms with van der Waals surface area (Å²) in [6.45, 7) is 2.67. The highest BCUT2D eigenvalue weighted by Crippen LogP contribution is 2.34. The van der Waals surface area contributed by atoms with E-state index in [0.717, 1.165) is 37.7 Å². The number of hydrogen-bond donors (Lipinski definition) is 0. The van der Waals surface area contributed by atoms with Crippen LogP contribution in [0, 0.1) is 0 Å². The second kappa shape index (κ2) is 9.86. The number of carbonyl (C=O) groups is 1. The van der Waals surface area contributed by atoms with Gasteiger partial charge in [-0.25, -0.2) is 4.98 Å². The molecule has 4 rings (SSSR count). The van der Waals surface area contributed by atoms with Gasteiger partial charge in [-0.3, -0.25) is 9.48 Å². The molecule has 8 heteroatoms. The predicted octanol–water partition coefficient (Wildman–Crippen LogP) is 3.09. The molecule has 3 heterocycles. The van der Waals surface area contributed by atoms with Gasteiger partial charge in [0, 0.05) is 19.4 Å². The van der Waals surface area contributed by atoms with Crippen LogP contribution in [-0.2, 0) is 9.47 Å². The van der Waals surface area contributed by atoms with Crippen molar-refractivity contribution in [1.82, 2.24) is 14.8 Å². The molecule has 30 heavy (non-hydrogen) atoms. The number of hydrogen-bond acceptors (Lipinski definition) is 7. The largest absolute Gasteiger partial charge is 0.487 e. The van der Waals surface area contributed by atoms with Crippen molar-refractivity contribution >= 4 is 11.9 Å². The van der Waals surface area contributed by atoms with Crippen LogP contribution in [0.4, 0.5) is 0 Å². The average molecular weight is 413 g/mol. The quantitative estimate of drug-likeness (QED) is 0.437. The van der Waals surface area contributed by atoms with Crippen molar-refractivity contribution in [2.45, 2.75) is 31.7 Å². The molecule has 0 saturated carbocycles. The number of aromatic nitrogens is 3. The highest BCUT2D eigenvalue weighted by molar-refractivity contribution is 5.79. The minimum atomic E-state index is 0.308. The standard InChI is InChI=1S/C22H27N3O5/c1-27-8-9-29-22-10-17(12-26)21(11-23-22)30-13-16-4-2-3-5-19(16)20-6-7-24-25(20)18-14-28-15-18/h6-7,10-12,18H,2-5,8-9,13-15H2,1H3. The minimum Gasteiger partial charge on any atom is -0.487 e. The molecule has 0 atom stereocenters. The van der Waals surface area contributed by atoms with Crippen LogP contribution in [0.15, 0.2) is 30.1 Å². The van der Waals surface area contributed by atoms with Crippen LogP contribution >= 0.6 is 0 Å². The van der Waals surface area contributed by atoms with Crippen molar-refractivity contribution in [3.05, 3.63) is 41.4 Å². The van der Waals surface area contributed by atoms with E-state index >= 15 is 0 Å². The fourth-order valence-corrected chi connectivity index (χ4v) is 3.77. The molecular weight excluding hydrogens is 386 g/mol. The Hall–Kier alpha value is -2.71. The molecule has 160 valence electrons. The zero-order chi connectivity index (χ0) is 20.8. The first-order valence-corrected chi connectivity index (χ1v) is 10.3. The maximum absolute atomic E-state index is 11.5. The van der Waals surface area contributed by atoms with Crippen molar-refractivity contribution in [3.8, 4) is 11.6 Å². The number of pyridine rings is 1. The van der Waals surface area contributed by atoms with Crippen molar-refractivity contribution in [3.63, 3.8) is 0 Å². The second-order valence-corrected chi connectivity index (χ2v) is 7.45. The molecule has 1 aliphatic carbocycles. The predicted molar refractivity (Wildman–Crippen MR) is 110 cm³/mol. The smallest absolute Gasteiger partial charge is 0.214 e. The lowest BCUT2D eigenvalue weighted by atomic mass is 9.90. The fourth-order valence-electron chi connectivity index (χ4n) is 3.77.